The number of hydrogen-bond donors (Lipinski definition) is 0. The Balaban J connectivity index is 1.97. The normalized spacial score (nSPS) is 17.6. The summed E-state index contributed by atoms with van der Waals surface area (Å²) in [5.41, 5.74) is 0. The Kier molecular flexibility index (Phi) is 5.36. The highest BCUT2D eigenvalue weighted by Crippen LogP contribution is 2.19. The van der Waals surface area contributed by atoms with E-state index < -0.39 is 0 Å². The SMILES string of the molecule is CCOCc1nc(Cl)cc(OC2CCN(C)CC2)n1. The summed E-state index contributed by atoms with van der Waals surface area (Å²) in [6.07, 6.45) is 2.24. The molecule has 0 atom stereocenters. The van der Waals surface area contributed by atoms with E-state index in [1.807, 2.05) is 6.92 Å². The summed E-state index contributed by atoms with van der Waals surface area (Å²) in [5, 5.41) is 0.396. The Morgan fingerprint density at radius 3 is 2.79 bits per heavy atom. The standard InChI is InChI=1S/C13H20ClN3O2/c1-3-18-9-12-15-11(14)8-13(16-12)19-10-4-6-17(2)7-5-10/h8,10H,3-7,9H2,1-2H3. The van der Waals surface area contributed by atoms with Gasteiger partial charge in [-0.25, -0.2) is 4.98 Å². The van der Waals surface area contributed by atoms with Gasteiger partial charge in [0.15, 0.2) is 5.82 Å². The fourth-order valence-corrected chi connectivity index (χ4v) is 2.22. The molecule has 5 nitrogen and oxygen atoms in total. The fourth-order valence-electron chi connectivity index (χ4n) is 2.03. The molecule has 0 N–H and O–H groups in total. The maximum Gasteiger partial charge on any atom is 0.218 e. The summed E-state index contributed by atoms with van der Waals surface area (Å²) in [6.45, 7) is 5.02. The van der Waals surface area contributed by atoms with Crippen LogP contribution in [0.2, 0.25) is 5.15 Å². The first-order valence-electron chi connectivity index (χ1n) is 6.63. The molecule has 1 aliphatic rings. The number of ether oxygens (including phenoxy) is 2. The molecule has 1 saturated heterocycles. The van der Waals surface area contributed by atoms with Crippen LogP contribution in [0.4, 0.5) is 0 Å². The Hall–Kier alpha value is -0.910. The van der Waals surface area contributed by atoms with Crippen molar-refractivity contribution in [2.45, 2.75) is 32.5 Å². The molecule has 0 aromatic carbocycles. The van der Waals surface area contributed by atoms with Gasteiger partial charge in [0.25, 0.3) is 0 Å². The van der Waals surface area contributed by atoms with E-state index in [1.165, 1.54) is 0 Å². The zero-order valence-electron chi connectivity index (χ0n) is 11.4. The zero-order chi connectivity index (χ0) is 13.7. The smallest absolute Gasteiger partial charge is 0.218 e. The molecule has 19 heavy (non-hydrogen) atoms. The van der Waals surface area contributed by atoms with Crippen LogP contribution in [0.5, 0.6) is 5.88 Å². The lowest BCUT2D eigenvalue weighted by molar-refractivity contribution is 0.106. The van der Waals surface area contributed by atoms with Gasteiger partial charge in [-0.2, -0.15) is 4.98 Å². The number of rotatable bonds is 5. The molecule has 0 spiro atoms. The molecular formula is C13H20ClN3O2. The molecule has 6 heteroatoms. The van der Waals surface area contributed by atoms with E-state index in [0.29, 0.717) is 30.1 Å². The topological polar surface area (TPSA) is 47.5 Å². The number of hydrogen-bond acceptors (Lipinski definition) is 5. The van der Waals surface area contributed by atoms with Crippen LogP contribution in [0, 0.1) is 0 Å². The van der Waals surface area contributed by atoms with Crippen LogP contribution in [-0.2, 0) is 11.3 Å². The van der Waals surface area contributed by atoms with Crippen molar-refractivity contribution in [1.82, 2.24) is 14.9 Å². The summed E-state index contributed by atoms with van der Waals surface area (Å²) >= 11 is 5.97. The molecule has 106 valence electrons. The average molecular weight is 286 g/mol. The van der Waals surface area contributed by atoms with Crippen molar-refractivity contribution in [3.05, 3.63) is 17.0 Å². The van der Waals surface area contributed by atoms with Gasteiger partial charge in [0.05, 0.1) is 0 Å². The van der Waals surface area contributed by atoms with E-state index >= 15 is 0 Å². The van der Waals surface area contributed by atoms with E-state index in [9.17, 15) is 0 Å². The molecule has 1 aliphatic heterocycles. The highest BCUT2D eigenvalue weighted by molar-refractivity contribution is 6.29. The van der Waals surface area contributed by atoms with Crippen LogP contribution >= 0.6 is 11.6 Å². The monoisotopic (exact) mass is 285 g/mol. The van der Waals surface area contributed by atoms with Gasteiger partial charge in [-0.15, -0.1) is 0 Å². The van der Waals surface area contributed by atoms with Crippen molar-refractivity contribution in [2.24, 2.45) is 0 Å². The second-order valence-corrected chi connectivity index (χ2v) is 5.09. The summed E-state index contributed by atoms with van der Waals surface area (Å²) in [7, 11) is 2.12. The van der Waals surface area contributed by atoms with Gasteiger partial charge in [0.1, 0.15) is 17.9 Å². The molecule has 1 aromatic rings. The van der Waals surface area contributed by atoms with E-state index in [1.54, 1.807) is 6.07 Å². The number of piperidine rings is 1. The van der Waals surface area contributed by atoms with E-state index in [0.717, 1.165) is 25.9 Å². The molecule has 0 unspecified atom stereocenters. The lowest BCUT2D eigenvalue weighted by Gasteiger charge is -2.28. The maximum atomic E-state index is 5.97. The molecule has 1 fully saturated rings. The van der Waals surface area contributed by atoms with E-state index in [2.05, 4.69) is 21.9 Å². The van der Waals surface area contributed by atoms with Gasteiger partial charge >= 0.3 is 0 Å². The Morgan fingerprint density at radius 2 is 2.11 bits per heavy atom. The van der Waals surface area contributed by atoms with Gasteiger partial charge in [-0.3, -0.25) is 0 Å². The summed E-state index contributed by atoms with van der Waals surface area (Å²) < 4.78 is 11.2. The Bertz CT molecular complexity index is 409. The number of halogens is 1. The first-order chi connectivity index (χ1) is 9.17. The fraction of sp³-hybridized carbons (Fsp3) is 0.692. The third kappa shape index (κ3) is 4.60. The van der Waals surface area contributed by atoms with Crippen molar-refractivity contribution in [1.29, 1.82) is 0 Å². The Labute approximate surface area is 118 Å². The van der Waals surface area contributed by atoms with Crippen LogP contribution in [-0.4, -0.2) is 47.7 Å². The third-order valence-electron chi connectivity index (χ3n) is 3.11. The third-order valence-corrected chi connectivity index (χ3v) is 3.30. The van der Waals surface area contributed by atoms with Crippen LogP contribution in [0.15, 0.2) is 6.07 Å². The quantitative estimate of drug-likeness (QED) is 0.776. The molecule has 2 rings (SSSR count). The van der Waals surface area contributed by atoms with Gasteiger partial charge < -0.3 is 14.4 Å². The summed E-state index contributed by atoms with van der Waals surface area (Å²) in [4.78, 5) is 10.7. The van der Waals surface area contributed by atoms with Crippen molar-refractivity contribution in [3.8, 4) is 5.88 Å². The molecule has 0 radical (unpaired) electrons. The first-order valence-corrected chi connectivity index (χ1v) is 7.01. The molecular weight excluding hydrogens is 266 g/mol. The largest absolute Gasteiger partial charge is 0.474 e. The molecule has 0 bridgehead atoms. The van der Waals surface area contributed by atoms with Crippen molar-refractivity contribution < 1.29 is 9.47 Å². The van der Waals surface area contributed by atoms with Gasteiger partial charge in [-0.1, -0.05) is 11.6 Å². The van der Waals surface area contributed by atoms with Gasteiger partial charge in [0.2, 0.25) is 5.88 Å². The number of likely N-dealkylation sites (tertiary alicyclic amines) is 1. The first kappa shape index (κ1) is 14.5. The highest BCUT2D eigenvalue weighted by Gasteiger charge is 2.19. The molecule has 0 aliphatic carbocycles. The van der Waals surface area contributed by atoms with Crippen LogP contribution in [0.3, 0.4) is 0 Å². The highest BCUT2D eigenvalue weighted by atomic mass is 35.5. The lowest BCUT2D eigenvalue weighted by atomic mass is 10.1. The second kappa shape index (κ2) is 7.03. The zero-order valence-corrected chi connectivity index (χ0v) is 12.2. The minimum absolute atomic E-state index is 0.210. The number of nitrogens with zero attached hydrogens (tertiary/aromatic N) is 3. The minimum atomic E-state index is 0.210. The van der Waals surface area contributed by atoms with Crippen molar-refractivity contribution in [3.63, 3.8) is 0 Å². The summed E-state index contributed by atoms with van der Waals surface area (Å²) in [6, 6.07) is 1.66. The number of aromatic nitrogens is 2. The maximum absolute atomic E-state index is 5.97. The van der Waals surface area contributed by atoms with E-state index in [4.69, 9.17) is 21.1 Å². The predicted octanol–water partition coefficient (Wildman–Crippen LogP) is 2.14. The minimum Gasteiger partial charge on any atom is -0.474 e. The van der Waals surface area contributed by atoms with Crippen LogP contribution in [0.1, 0.15) is 25.6 Å². The second-order valence-electron chi connectivity index (χ2n) is 4.70. The average Bonchev–Trinajstić information content (AvgIpc) is 2.38. The van der Waals surface area contributed by atoms with Crippen LogP contribution < -0.4 is 4.74 Å². The Morgan fingerprint density at radius 1 is 1.37 bits per heavy atom. The van der Waals surface area contributed by atoms with E-state index in [-0.39, 0.29) is 6.10 Å². The molecule has 2 heterocycles. The molecule has 0 saturated carbocycles. The molecule has 0 amide bonds. The van der Waals surface area contributed by atoms with Crippen molar-refractivity contribution >= 4 is 11.6 Å². The summed E-state index contributed by atoms with van der Waals surface area (Å²) in [5.74, 6) is 1.11. The van der Waals surface area contributed by atoms with Crippen LogP contribution in [0.25, 0.3) is 0 Å². The predicted molar refractivity (Wildman–Crippen MR) is 73.5 cm³/mol. The van der Waals surface area contributed by atoms with Crippen molar-refractivity contribution in [2.75, 3.05) is 26.7 Å². The van der Waals surface area contributed by atoms with Gasteiger partial charge in [-0.05, 0) is 26.8 Å². The lowest BCUT2D eigenvalue weighted by Crippen LogP contribution is -2.35. The van der Waals surface area contributed by atoms with Gasteiger partial charge in [0, 0.05) is 25.8 Å². The molecule has 1 aromatic heterocycles.